The van der Waals surface area contributed by atoms with Gasteiger partial charge in [0.2, 0.25) is 0 Å². The number of hydrogen-bond acceptors (Lipinski definition) is 1. The highest BCUT2D eigenvalue weighted by Crippen LogP contribution is 2.27. The van der Waals surface area contributed by atoms with Crippen LogP contribution in [0.2, 0.25) is 0 Å². The second-order valence-electron chi connectivity index (χ2n) is 5.96. The summed E-state index contributed by atoms with van der Waals surface area (Å²) in [5.74, 6) is 2.97. The van der Waals surface area contributed by atoms with Gasteiger partial charge < -0.3 is 5.11 Å². The van der Waals surface area contributed by atoms with Crippen LogP contribution in [0.1, 0.15) is 73.1 Å². The maximum atomic E-state index is 9.49. The van der Waals surface area contributed by atoms with Gasteiger partial charge in [-0.15, -0.1) is 0 Å². The Kier molecular flexibility index (Phi) is 9.91. The lowest BCUT2D eigenvalue weighted by Crippen LogP contribution is -2.15. The van der Waals surface area contributed by atoms with Gasteiger partial charge in [0.1, 0.15) is 0 Å². The van der Waals surface area contributed by atoms with Crippen LogP contribution in [0.25, 0.3) is 0 Å². The van der Waals surface area contributed by atoms with Crippen molar-refractivity contribution in [3.8, 4) is 0 Å². The molecule has 17 heavy (non-hydrogen) atoms. The van der Waals surface area contributed by atoms with E-state index in [4.69, 9.17) is 0 Å². The van der Waals surface area contributed by atoms with E-state index in [0.29, 0.717) is 12.5 Å². The lowest BCUT2D eigenvalue weighted by Gasteiger charge is -2.24. The highest BCUT2D eigenvalue weighted by molar-refractivity contribution is 4.68. The van der Waals surface area contributed by atoms with Crippen molar-refractivity contribution in [2.24, 2.45) is 23.7 Å². The van der Waals surface area contributed by atoms with Gasteiger partial charge >= 0.3 is 0 Å². The lowest BCUT2D eigenvalue weighted by molar-refractivity contribution is 0.175. The van der Waals surface area contributed by atoms with Crippen LogP contribution in [0.15, 0.2) is 0 Å². The maximum Gasteiger partial charge on any atom is 0.0459 e. The second kappa shape index (κ2) is 9.94. The number of rotatable bonds is 10. The van der Waals surface area contributed by atoms with Gasteiger partial charge in [0.05, 0.1) is 0 Å². The molecule has 0 aliphatic heterocycles. The third-order valence-electron chi connectivity index (χ3n) is 4.49. The van der Waals surface area contributed by atoms with Crippen molar-refractivity contribution in [1.82, 2.24) is 0 Å². The van der Waals surface area contributed by atoms with Gasteiger partial charge in [-0.25, -0.2) is 0 Å². The zero-order valence-corrected chi connectivity index (χ0v) is 12.7. The van der Waals surface area contributed by atoms with E-state index in [9.17, 15) is 5.11 Å². The second-order valence-corrected chi connectivity index (χ2v) is 5.96. The topological polar surface area (TPSA) is 20.2 Å². The van der Waals surface area contributed by atoms with Crippen LogP contribution in [0, 0.1) is 23.7 Å². The van der Waals surface area contributed by atoms with Crippen molar-refractivity contribution in [3.05, 3.63) is 0 Å². The number of aliphatic hydroxyl groups is 1. The molecule has 0 aromatic carbocycles. The summed E-state index contributed by atoms with van der Waals surface area (Å²) in [7, 11) is 0. The van der Waals surface area contributed by atoms with E-state index in [2.05, 4.69) is 34.6 Å². The molecule has 0 heterocycles. The number of aliphatic hydroxyl groups excluding tert-OH is 1. The van der Waals surface area contributed by atoms with E-state index >= 15 is 0 Å². The first-order valence-electron chi connectivity index (χ1n) is 7.69. The summed E-state index contributed by atoms with van der Waals surface area (Å²) in [5.41, 5.74) is 0. The third-order valence-corrected chi connectivity index (χ3v) is 4.49. The monoisotopic (exact) mass is 242 g/mol. The van der Waals surface area contributed by atoms with Crippen molar-refractivity contribution in [2.45, 2.75) is 73.1 Å². The average Bonchev–Trinajstić information content (AvgIpc) is 2.33. The van der Waals surface area contributed by atoms with Gasteiger partial charge in [-0.2, -0.15) is 0 Å². The molecule has 0 saturated heterocycles. The van der Waals surface area contributed by atoms with Gasteiger partial charge in [0, 0.05) is 6.61 Å². The molecule has 0 bridgehead atoms. The van der Waals surface area contributed by atoms with E-state index in [1.54, 1.807) is 0 Å². The maximum absolute atomic E-state index is 9.49. The zero-order chi connectivity index (χ0) is 13.3. The molecule has 2 atom stereocenters. The fourth-order valence-electron chi connectivity index (χ4n) is 2.84. The fraction of sp³-hybridized carbons (Fsp3) is 1.00. The first-order chi connectivity index (χ1) is 8.08. The molecular formula is C16H34O. The molecule has 0 spiro atoms. The molecule has 104 valence electrons. The van der Waals surface area contributed by atoms with Gasteiger partial charge in [0.25, 0.3) is 0 Å². The Morgan fingerprint density at radius 2 is 1.41 bits per heavy atom. The van der Waals surface area contributed by atoms with E-state index in [1.807, 2.05) is 0 Å². The number of hydrogen-bond donors (Lipinski definition) is 1. The van der Waals surface area contributed by atoms with Crippen molar-refractivity contribution in [3.63, 3.8) is 0 Å². The van der Waals surface area contributed by atoms with Crippen LogP contribution < -0.4 is 0 Å². The van der Waals surface area contributed by atoms with E-state index in [-0.39, 0.29) is 0 Å². The predicted molar refractivity (Wildman–Crippen MR) is 77.1 cm³/mol. The Labute approximate surface area is 109 Å². The Morgan fingerprint density at radius 3 is 1.76 bits per heavy atom. The molecule has 0 amide bonds. The molecule has 0 fully saturated rings. The molecule has 0 aliphatic rings. The zero-order valence-electron chi connectivity index (χ0n) is 12.7. The summed E-state index contributed by atoms with van der Waals surface area (Å²) in [6.07, 6.45) is 7.52. The third kappa shape index (κ3) is 7.08. The summed E-state index contributed by atoms with van der Waals surface area (Å²) in [6, 6.07) is 0. The molecule has 1 N–H and O–H groups in total. The van der Waals surface area contributed by atoms with Crippen LogP contribution in [-0.4, -0.2) is 11.7 Å². The Balaban J connectivity index is 4.03. The molecule has 0 saturated carbocycles. The molecule has 0 radical (unpaired) electrons. The van der Waals surface area contributed by atoms with Gasteiger partial charge in [-0.1, -0.05) is 53.9 Å². The normalized spacial score (nSPS) is 15.5. The van der Waals surface area contributed by atoms with Crippen molar-refractivity contribution < 1.29 is 5.11 Å². The standard InChI is InChI=1S/C16H34O/c1-6-14(7-2)11-15(12-17)9-10-16(8-3)13(4)5/h13-17H,6-12H2,1-5H3. The van der Waals surface area contributed by atoms with Crippen LogP contribution in [0.5, 0.6) is 0 Å². The summed E-state index contributed by atoms with van der Waals surface area (Å²) >= 11 is 0. The highest BCUT2D eigenvalue weighted by Gasteiger charge is 2.17. The van der Waals surface area contributed by atoms with Crippen LogP contribution in [0.3, 0.4) is 0 Å². The Bertz CT molecular complexity index is 161. The Morgan fingerprint density at radius 1 is 0.824 bits per heavy atom. The quantitative estimate of drug-likeness (QED) is 0.578. The largest absolute Gasteiger partial charge is 0.396 e. The van der Waals surface area contributed by atoms with Crippen LogP contribution in [-0.2, 0) is 0 Å². The predicted octanol–water partition coefficient (Wildman–Crippen LogP) is 4.88. The molecule has 1 heteroatoms. The van der Waals surface area contributed by atoms with Gasteiger partial charge in [0.15, 0.2) is 0 Å². The highest BCUT2D eigenvalue weighted by atomic mass is 16.3. The Hall–Kier alpha value is -0.0400. The van der Waals surface area contributed by atoms with E-state index in [1.165, 1.54) is 38.5 Å². The minimum Gasteiger partial charge on any atom is -0.396 e. The lowest BCUT2D eigenvalue weighted by atomic mass is 9.83. The molecule has 2 unspecified atom stereocenters. The summed E-state index contributed by atoms with van der Waals surface area (Å²) < 4.78 is 0. The van der Waals surface area contributed by atoms with E-state index in [0.717, 1.165) is 17.8 Å². The SMILES string of the molecule is CCC(CC)CC(CO)CCC(CC)C(C)C. The minimum atomic E-state index is 0.380. The van der Waals surface area contributed by atoms with E-state index < -0.39 is 0 Å². The van der Waals surface area contributed by atoms with Crippen LogP contribution >= 0.6 is 0 Å². The van der Waals surface area contributed by atoms with Crippen molar-refractivity contribution in [1.29, 1.82) is 0 Å². The van der Waals surface area contributed by atoms with Gasteiger partial charge in [-0.05, 0) is 42.9 Å². The molecule has 0 rings (SSSR count). The smallest absolute Gasteiger partial charge is 0.0459 e. The molecule has 0 aromatic rings. The summed E-state index contributed by atoms with van der Waals surface area (Å²) in [4.78, 5) is 0. The molecular weight excluding hydrogens is 208 g/mol. The summed E-state index contributed by atoms with van der Waals surface area (Å²) in [6.45, 7) is 11.9. The fourth-order valence-corrected chi connectivity index (χ4v) is 2.84. The summed E-state index contributed by atoms with van der Waals surface area (Å²) in [5, 5.41) is 9.49. The van der Waals surface area contributed by atoms with Gasteiger partial charge in [-0.3, -0.25) is 0 Å². The first kappa shape index (κ1) is 17.0. The van der Waals surface area contributed by atoms with Crippen LogP contribution in [0.4, 0.5) is 0 Å². The molecule has 1 nitrogen and oxygen atoms in total. The first-order valence-corrected chi connectivity index (χ1v) is 7.69. The van der Waals surface area contributed by atoms with Crippen molar-refractivity contribution in [2.75, 3.05) is 6.61 Å². The molecule has 0 aliphatic carbocycles. The van der Waals surface area contributed by atoms with Crippen molar-refractivity contribution >= 4 is 0 Å². The minimum absolute atomic E-state index is 0.380. The average molecular weight is 242 g/mol. The molecule has 0 aromatic heterocycles.